The number of aliphatic hydroxyl groups excluding tert-OH is 1. The highest BCUT2D eigenvalue weighted by Gasteiger charge is 2.43. The van der Waals surface area contributed by atoms with Crippen LogP contribution in [0.1, 0.15) is 18.5 Å². The Morgan fingerprint density at radius 1 is 1.35 bits per heavy atom. The predicted molar refractivity (Wildman–Crippen MR) is 97.0 cm³/mol. The maximum absolute atomic E-state index is 12.5. The summed E-state index contributed by atoms with van der Waals surface area (Å²) in [5, 5.41) is 11.1. The van der Waals surface area contributed by atoms with E-state index in [4.69, 9.17) is 16.3 Å². The summed E-state index contributed by atoms with van der Waals surface area (Å²) in [5.41, 5.74) is 0.826. The Kier molecular flexibility index (Phi) is 4.87. The maximum atomic E-state index is 12.5. The maximum Gasteiger partial charge on any atom is 0.228 e. The number of H-pyrrole nitrogens is 1. The van der Waals surface area contributed by atoms with E-state index in [2.05, 4.69) is 9.97 Å². The fourth-order valence-electron chi connectivity index (χ4n) is 4.09. The molecule has 2 N–H and O–H groups in total. The summed E-state index contributed by atoms with van der Waals surface area (Å²) in [5.74, 6) is 1.46. The summed E-state index contributed by atoms with van der Waals surface area (Å²) in [6.07, 6.45) is 4.20. The molecule has 1 saturated carbocycles. The Morgan fingerprint density at radius 2 is 2.15 bits per heavy atom. The van der Waals surface area contributed by atoms with E-state index in [0.29, 0.717) is 42.0 Å². The molecule has 138 valence electrons. The zero-order chi connectivity index (χ0) is 18.1. The van der Waals surface area contributed by atoms with Gasteiger partial charge in [0.1, 0.15) is 11.9 Å². The van der Waals surface area contributed by atoms with Crippen LogP contribution in [0.5, 0.6) is 5.75 Å². The quantitative estimate of drug-likeness (QED) is 0.859. The van der Waals surface area contributed by atoms with Gasteiger partial charge in [-0.2, -0.15) is 0 Å². The predicted octanol–water partition coefficient (Wildman–Crippen LogP) is 2.28. The first-order valence-corrected chi connectivity index (χ1v) is 9.31. The molecule has 0 unspecified atom stereocenters. The number of benzene rings is 1. The zero-order valence-corrected chi connectivity index (χ0v) is 15.1. The number of nitrogens with zero attached hydrogens (tertiary/aromatic N) is 2. The van der Waals surface area contributed by atoms with Gasteiger partial charge in [-0.05, 0) is 42.9 Å². The van der Waals surface area contributed by atoms with Gasteiger partial charge in [-0.1, -0.05) is 17.7 Å². The van der Waals surface area contributed by atoms with Gasteiger partial charge in [0, 0.05) is 30.0 Å². The first kappa shape index (κ1) is 17.4. The van der Waals surface area contributed by atoms with Crippen molar-refractivity contribution in [2.45, 2.75) is 31.5 Å². The van der Waals surface area contributed by atoms with Gasteiger partial charge in [0.15, 0.2) is 0 Å². The summed E-state index contributed by atoms with van der Waals surface area (Å²) in [6, 6.07) is 7.23. The van der Waals surface area contributed by atoms with Crippen LogP contribution in [0.25, 0.3) is 0 Å². The lowest BCUT2D eigenvalue weighted by molar-refractivity contribution is -0.129. The summed E-state index contributed by atoms with van der Waals surface area (Å²) in [4.78, 5) is 21.4. The van der Waals surface area contributed by atoms with Gasteiger partial charge in [0.05, 0.1) is 18.9 Å². The third-order valence-electron chi connectivity index (χ3n) is 5.42. The minimum atomic E-state index is -0.530. The summed E-state index contributed by atoms with van der Waals surface area (Å²) >= 11 is 6.01. The van der Waals surface area contributed by atoms with E-state index in [9.17, 15) is 9.90 Å². The molecular weight excluding hydrogens is 354 g/mol. The number of aromatic nitrogens is 2. The van der Waals surface area contributed by atoms with Crippen LogP contribution in [0.3, 0.4) is 0 Å². The summed E-state index contributed by atoms with van der Waals surface area (Å²) in [6.45, 7) is 1.43. The number of carbonyl (C=O) groups is 1. The number of hydrogen-bond donors (Lipinski definition) is 2. The average molecular weight is 376 g/mol. The lowest BCUT2D eigenvalue weighted by Gasteiger charge is -2.35. The van der Waals surface area contributed by atoms with Gasteiger partial charge < -0.3 is 19.7 Å². The summed E-state index contributed by atoms with van der Waals surface area (Å²) in [7, 11) is 0. The molecular formula is C19H22ClN3O3. The average Bonchev–Trinajstić information content (AvgIpc) is 3.24. The van der Waals surface area contributed by atoms with Crippen LogP contribution >= 0.6 is 11.6 Å². The highest BCUT2D eigenvalue weighted by atomic mass is 35.5. The van der Waals surface area contributed by atoms with Gasteiger partial charge in [0.25, 0.3) is 0 Å². The van der Waals surface area contributed by atoms with Crippen molar-refractivity contribution < 1.29 is 14.6 Å². The molecule has 2 aromatic rings. The van der Waals surface area contributed by atoms with E-state index in [1.807, 2.05) is 17.0 Å². The first-order valence-electron chi connectivity index (χ1n) is 8.94. The number of imidazole rings is 1. The SMILES string of the molecule is O=C(Cc1cnc[nH]1)N1C[C@H]2C[C@@H](Oc3cccc(Cl)c3)[C@H](O)C[C@H]2C1. The first-order chi connectivity index (χ1) is 12.6. The van der Waals surface area contributed by atoms with E-state index in [1.165, 1.54) is 0 Å². The number of rotatable bonds is 4. The molecule has 2 fully saturated rings. The Morgan fingerprint density at radius 3 is 2.88 bits per heavy atom. The Hall–Kier alpha value is -2.05. The molecule has 2 heterocycles. The molecule has 1 saturated heterocycles. The van der Waals surface area contributed by atoms with Gasteiger partial charge in [0.2, 0.25) is 5.91 Å². The number of aliphatic hydroxyl groups is 1. The number of aromatic amines is 1. The van der Waals surface area contributed by atoms with Crippen LogP contribution in [0, 0.1) is 11.8 Å². The van der Waals surface area contributed by atoms with E-state index >= 15 is 0 Å². The molecule has 0 spiro atoms. The fourth-order valence-corrected chi connectivity index (χ4v) is 4.27. The van der Waals surface area contributed by atoms with Crippen molar-refractivity contribution in [3.05, 3.63) is 47.5 Å². The molecule has 0 radical (unpaired) electrons. The number of ether oxygens (including phenoxy) is 1. The second kappa shape index (κ2) is 7.29. The number of hydrogen-bond acceptors (Lipinski definition) is 4. The Labute approximate surface area is 157 Å². The second-order valence-corrected chi connectivity index (χ2v) is 7.66. The molecule has 0 bridgehead atoms. The third kappa shape index (κ3) is 3.71. The summed E-state index contributed by atoms with van der Waals surface area (Å²) < 4.78 is 5.99. The van der Waals surface area contributed by atoms with Crippen LogP contribution in [-0.2, 0) is 11.2 Å². The third-order valence-corrected chi connectivity index (χ3v) is 5.65. The minimum Gasteiger partial charge on any atom is -0.488 e. The highest BCUT2D eigenvalue weighted by molar-refractivity contribution is 6.30. The fraction of sp³-hybridized carbons (Fsp3) is 0.474. The van der Waals surface area contributed by atoms with Crippen LogP contribution in [0.4, 0.5) is 0 Å². The normalized spacial score (nSPS) is 28.0. The van der Waals surface area contributed by atoms with Crippen molar-refractivity contribution in [1.82, 2.24) is 14.9 Å². The number of nitrogens with one attached hydrogen (secondary N) is 1. The Bertz CT molecular complexity index is 767. The second-order valence-electron chi connectivity index (χ2n) is 7.22. The molecule has 1 aliphatic heterocycles. The van der Waals surface area contributed by atoms with E-state index < -0.39 is 6.10 Å². The zero-order valence-electron chi connectivity index (χ0n) is 14.3. The monoisotopic (exact) mass is 375 g/mol. The van der Waals surface area contributed by atoms with E-state index in [-0.39, 0.29) is 12.0 Å². The largest absolute Gasteiger partial charge is 0.488 e. The molecule has 4 rings (SSSR count). The molecule has 7 heteroatoms. The van der Waals surface area contributed by atoms with Crippen LogP contribution in [-0.4, -0.2) is 51.2 Å². The molecule has 1 amide bonds. The van der Waals surface area contributed by atoms with E-state index in [0.717, 1.165) is 18.7 Å². The van der Waals surface area contributed by atoms with Crippen molar-refractivity contribution in [2.75, 3.05) is 13.1 Å². The molecule has 2 aliphatic rings. The van der Waals surface area contributed by atoms with Gasteiger partial charge in [-0.25, -0.2) is 4.98 Å². The van der Waals surface area contributed by atoms with Crippen molar-refractivity contribution in [3.8, 4) is 5.75 Å². The highest BCUT2D eigenvalue weighted by Crippen LogP contribution is 2.38. The van der Waals surface area contributed by atoms with Crippen molar-refractivity contribution in [2.24, 2.45) is 11.8 Å². The molecule has 1 aliphatic carbocycles. The molecule has 4 atom stereocenters. The molecule has 1 aromatic heterocycles. The smallest absolute Gasteiger partial charge is 0.228 e. The van der Waals surface area contributed by atoms with Gasteiger partial charge in [-0.15, -0.1) is 0 Å². The molecule has 26 heavy (non-hydrogen) atoms. The lowest BCUT2D eigenvalue weighted by atomic mass is 9.78. The van der Waals surface area contributed by atoms with E-state index in [1.54, 1.807) is 24.7 Å². The number of halogens is 1. The topological polar surface area (TPSA) is 78.5 Å². The van der Waals surface area contributed by atoms with Crippen LogP contribution < -0.4 is 4.74 Å². The number of carbonyl (C=O) groups excluding carboxylic acids is 1. The standard InChI is InChI=1S/C19H22ClN3O3/c20-14-2-1-3-16(6-14)26-18-5-13-10-23(9-12(13)4-17(18)24)19(25)7-15-8-21-11-22-15/h1-3,6,8,11-13,17-18,24H,4-5,7,9-10H2,(H,21,22)/t12-,13+,17+,18+/m0/s1. The lowest BCUT2D eigenvalue weighted by Crippen LogP contribution is -2.42. The van der Waals surface area contributed by atoms with Gasteiger partial charge >= 0.3 is 0 Å². The van der Waals surface area contributed by atoms with Crippen LogP contribution in [0.2, 0.25) is 5.02 Å². The number of likely N-dealkylation sites (tertiary alicyclic amines) is 1. The molecule has 6 nitrogen and oxygen atoms in total. The molecule has 1 aromatic carbocycles. The van der Waals surface area contributed by atoms with Crippen molar-refractivity contribution >= 4 is 17.5 Å². The minimum absolute atomic E-state index is 0.102. The van der Waals surface area contributed by atoms with Crippen molar-refractivity contribution in [3.63, 3.8) is 0 Å². The van der Waals surface area contributed by atoms with Gasteiger partial charge in [-0.3, -0.25) is 4.79 Å². The number of fused-ring (bicyclic) bond motifs is 1. The Balaban J connectivity index is 1.38. The van der Waals surface area contributed by atoms with Crippen LogP contribution in [0.15, 0.2) is 36.8 Å². The number of amides is 1. The van der Waals surface area contributed by atoms with Crippen molar-refractivity contribution in [1.29, 1.82) is 0 Å².